The van der Waals surface area contributed by atoms with Crippen LogP contribution in [0.3, 0.4) is 0 Å². The van der Waals surface area contributed by atoms with Crippen LogP contribution in [0.2, 0.25) is 0 Å². The second-order valence-corrected chi connectivity index (χ2v) is 8.56. The third-order valence-corrected chi connectivity index (χ3v) is 5.98. The molecule has 2 amide bonds. The topological polar surface area (TPSA) is 50.8 Å². The molecule has 2 aliphatic rings. The van der Waals surface area contributed by atoms with E-state index >= 15 is 0 Å². The fourth-order valence-corrected chi connectivity index (χ4v) is 3.36. The maximum Gasteiger partial charge on any atom is 0.495 e. The Kier molecular flexibility index (Phi) is 5.21. The summed E-state index contributed by atoms with van der Waals surface area (Å²) < 4.78 is 50.6. The molecule has 1 unspecified atom stereocenters. The molecular weight excluding hydrogens is 372 g/mol. The van der Waals surface area contributed by atoms with Crippen molar-refractivity contribution in [2.45, 2.75) is 58.4 Å². The Morgan fingerprint density at radius 1 is 1.21 bits per heavy atom. The van der Waals surface area contributed by atoms with E-state index in [9.17, 15) is 18.0 Å². The molecular formula is C19H26BF3N2O3. The van der Waals surface area contributed by atoms with Crippen molar-refractivity contribution < 1.29 is 27.3 Å². The number of urea groups is 1. The third-order valence-electron chi connectivity index (χ3n) is 5.98. The smallest absolute Gasteiger partial charge is 0.399 e. The minimum Gasteiger partial charge on any atom is -0.399 e. The minimum atomic E-state index is -4.27. The highest BCUT2D eigenvalue weighted by Gasteiger charge is 2.52. The van der Waals surface area contributed by atoms with Crippen LogP contribution >= 0.6 is 0 Å². The van der Waals surface area contributed by atoms with Gasteiger partial charge in [-0.3, -0.25) is 0 Å². The van der Waals surface area contributed by atoms with Crippen LogP contribution in [0.15, 0.2) is 18.2 Å². The van der Waals surface area contributed by atoms with E-state index < -0.39 is 36.4 Å². The van der Waals surface area contributed by atoms with E-state index in [1.807, 2.05) is 40.7 Å². The van der Waals surface area contributed by atoms with Crippen molar-refractivity contribution >= 4 is 24.3 Å². The highest BCUT2D eigenvalue weighted by atomic mass is 19.4. The summed E-state index contributed by atoms with van der Waals surface area (Å²) >= 11 is 0. The zero-order valence-electron chi connectivity index (χ0n) is 16.8. The van der Waals surface area contributed by atoms with Crippen LogP contribution < -0.4 is 10.8 Å². The van der Waals surface area contributed by atoms with Gasteiger partial charge in [0.25, 0.3) is 0 Å². The quantitative estimate of drug-likeness (QED) is 0.773. The minimum absolute atomic E-state index is 0.0655. The highest BCUT2D eigenvalue weighted by molar-refractivity contribution is 6.62. The molecule has 3 rings (SSSR count). The van der Waals surface area contributed by atoms with Gasteiger partial charge in [-0.15, -0.1) is 0 Å². The van der Waals surface area contributed by atoms with Crippen LogP contribution in [-0.4, -0.2) is 48.5 Å². The SMILES string of the molecule is Cc1ccc(NC(=O)N2CCC(C(F)(F)F)C2)cc1B1OC(C)(C)C(C)(C)O1. The van der Waals surface area contributed by atoms with Gasteiger partial charge in [0, 0.05) is 18.8 Å². The van der Waals surface area contributed by atoms with Gasteiger partial charge in [0.05, 0.1) is 17.1 Å². The number of nitrogens with one attached hydrogen (secondary N) is 1. The number of amides is 2. The average molecular weight is 398 g/mol. The lowest BCUT2D eigenvalue weighted by Gasteiger charge is -2.32. The standard InChI is InChI=1S/C19H26BF3N2O3/c1-12-6-7-14(10-15(12)20-27-17(2,3)18(4,5)28-20)24-16(26)25-9-8-13(11-25)19(21,22)23/h6-7,10,13H,8-9,11H2,1-5H3,(H,24,26). The molecule has 0 aliphatic carbocycles. The number of rotatable bonds is 2. The van der Waals surface area contributed by atoms with Crippen LogP contribution in [0.5, 0.6) is 0 Å². The van der Waals surface area contributed by atoms with Gasteiger partial charge in [-0.05, 0) is 58.6 Å². The Balaban J connectivity index is 1.72. The van der Waals surface area contributed by atoms with Gasteiger partial charge >= 0.3 is 19.3 Å². The number of hydrogen-bond acceptors (Lipinski definition) is 3. The lowest BCUT2D eigenvalue weighted by atomic mass is 9.76. The summed E-state index contributed by atoms with van der Waals surface area (Å²) in [7, 11) is -0.580. The number of carbonyl (C=O) groups is 1. The summed E-state index contributed by atoms with van der Waals surface area (Å²) in [6.07, 6.45) is -4.34. The number of likely N-dealkylation sites (tertiary alicyclic amines) is 1. The predicted molar refractivity (Wildman–Crippen MR) is 102 cm³/mol. The van der Waals surface area contributed by atoms with Crippen LogP contribution in [0.4, 0.5) is 23.7 Å². The second kappa shape index (κ2) is 6.95. The first-order valence-corrected chi connectivity index (χ1v) is 9.39. The average Bonchev–Trinajstić information content (AvgIpc) is 3.12. The largest absolute Gasteiger partial charge is 0.495 e. The molecule has 0 saturated carbocycles. The van der Waals surface area contributed by atoms with Gasteiger partial charge in [0.2, 0.25) is 0 Å². The van der Waals surface area contributed by atoms with E-state index in [1.165, 1.54) is 4.90 Å². The van der Waals surface area contributed by atoms with Crippen molar-refractivity contribution in [3.05, 3.63) is 23.8 Å². The van der Waals surface area contributed by atoms with E-state index in [-0.39, 0.29) is 19.5 Å². The van der Waals surface area contributed by atoms with E-state index in [0.717, 1.165) is 11.0 Å². The molecule has 2 aliphatic heterocycles. The van der Waals surface area contributed by atoms with Gasteiger partial charge in [-0.1, -0.05) is 11.6 Å². The number of halogens is 3. The molecule has 1 aromatic carbocycles. The normalized spacial score (nSPS) is 23.9. The molecule has 28 heavy (non-hydrogen) atoms. The number of nitrogens with zero attached hydrogens (tertiary/aromatic N) is 1. The summed E-state index contributed by atoms with van der Waals surface area (Å²) in [5, 5.41) is 2.70. The van der Waals surface area contributed by atoms with Gasteiger partial charge in [0.15, 0.2) is 0 Å². The van der Waals surface area contributed by atoms with E-state index in [0.29, 0.717) is 5.69 Å². The molecule has 0 bridgehead atoms. The molecule has 5 nitrogen and oxygen atoms in total. The van der Waals surface area contributed by atoms with Crippen molar-refractivity contribution in [2.24, 2.45) is 5.92 Å². The second-order valence-electron chi connectivity index (χ2n) is 8.56. The van der Waals surface area contributed by atoms with Crippen LogP contribution in [-0.2, 0) is 9.31 Å². The monoisotopic (exact) mass is 398 g/mol. The number of hydrogen-bond donors (Lipinski definition) is 1. The van der Waals surface area contributed by atoms with Crippen molar-refractivity contribution in [3.8, 4) is 0 Å². The molecule has 154 valence electrons. The van der Waals surface area contributed by atoms with Crippen LogP contribution in [0.25, 0.3) is 0 Å². The first-order valence-electron chi connectivity index (χ1n) is 9.39. The summed E-state index contributed by atoms with van der Waals surface area (Å²) in [6, 6.07) is 4.78. The summed E-state index contributed by atoms with van der Waals surface area (Å²) in [6.45, 7) is 9.52. The molecule has 1 atom stereocenters. The summed E-state index contributed by atoms with van der Waals surface area (Å²) in [5.41, 5.74) is 1.23. The van der Waals surface area contributed by atoms with Gasteiger partial charge in [-0.25, -0.2) is 4.79 Å². The lowest BCUT2D eigenvalue weighted by Crippen LogP contribution is -2.41. The van der Waals surface area contributed by atoms with Crippen LogP contribution in [0.1, 0.15) is 39.7 Å². The Labute approximate surface area is 163 Å². The molecule has 0 aromatic heterocycles. The third kappa shape index (κ3) is 4.01. The fraction of sp³-hybridized carbons (Fsp3) is 0.632. The molecule has 9 heteroatoms. The first-order chi connectivity index (χ1) is 12.8. The van der Waals surface area contributed by atoms with E-state index in [4.69, 9.17) is 9.31 Å². The van der Waals surface area contributed by atoms with Crippen LogP contribution in [0, 0.1) is 12.8 Å². The first kappa shape index (κ1) is 21.0. The Morgan fingerprint density at radius 3 is 2.36 bits per heavy atom. The van der Waals surface area contributed by atoms with Gasteiger partial charge < -0.3 is 19.5 Å². The number of aryl methyl sites for hydroxylation is 1. The van der Waals surface area contributed by atoms with E-state index in [1.54, 1.807) is 12.1 Å². The molecule has 2 saturated heterocycles. The number of benzene rings is 1. The van der Waals surface area contributed by atoms with E-state index in [2.05, 4.69) is 5.32 Å². The van der Waals surface area contributed by atoms with Crippen molar-refractivity contribution in [1.29, 1.82) is 0 Å². The zero-order valence-corrected chi connectivity index (χ0v) is 16.8. The Morgan fingerprint density at radius 2 is 1.82 bits per heavy atom. The maximum atomic E-state index is 12.8. The molecule has 0 spiro atoms. The molecule has 2 heterocycles. The number of alkyl halides is 3. The molecule has 1 N–H and O–H groups in total. The maximum absolute atomic E-state index is 12.8. The Hall–Kier alpha value is -1.74. The summed E-state index contributed by atoms with van der Waals surface area (Å²) in [5.74, 6) is -1.46. The highest BCUT2D eigenvalue weighted by Crippen LogP contribution is 2.37. The molecule has 0 radical (unpaired) electrons. The van der Waals surface area contributed by atoms with Gasteiger partial charge in [0.1, 0.15) is 0 Å². The summed E-state index contributed by atoms with van der Waals surface area (Å²) in [4.78, 5) is 13.6. The number of anilines is 1. The molecule has 2 fully saturated rings. The lowest BCUT2D eigenvalue weighted by molar-refractivity contribution is -0.169. The van der Waals surface area contributed by atoms with Crippen molar-refractivity contribution in [3.63, 3.8) is 0 Å². The molecule has 1 aromatic rings. The fourth-order valence-electron chi connectivity index (χ4n) is 3.36. The van der Waals surface area contributed by atoms with Crippen molar-refractivity contribution in [1.82, 2.24) is 4.90 Å². The number of carbonyl (C=O) groups excluding carboxylic acids is 1. The Bertz CT molecular complexity index is 751. The zero-order chi connectivity index (χ0) is 20.9. The van der Waals surface area contributed by atoms with Crippen molar-refractivity contribution in [2.75, 3.05) is 18.4 Å². The van der Waals surface area contributed by atoms with Gasteiger partial charge in [-0.2, -0.15) is 13.2 Å². The predicted octanol–water partition coefficient (Wildman–Crippen LogP) is 3.71.